The third-order valence-electron chi connectivity index (χ3n) is 5.53. The lowest BCUT2D eigenvalue weighted by molar-refractivity contribution is -0.143. The molecule has 0 bridgehead atoms. The molecule has 0 heterocycles. The number of allylic oxidation sites excluding steroid dienone is 1. The minimum absolute atomic E-state index is 0.0379. The van der Waals surface area contributed by atoms with E-state index in [1.165, 1.54) is 44.1 Å². The summed E-state index contributed by atoms with van der Waals surface area (Å²) in [5, 5.41) is 9.29. The van der Waals surface area contributed by atoms with Crippen molar-refractivity contribution in [1.82, 2.24) is 0 Å². The molecular formula is C23H42O3S. The third-order valence-corrected chi connectivity index (χ3v) is 6.84. The van der Waals surface area contributed by atoms with Crippen LogP contribution in [0.4, 0.5) is 0 Å². The van der Waals surface area contributed by atoms with Gasteiger partial charge in [-0.1, -0.05) is 64.0 Å². The lowest BCUT2D eigenvalue weighted by Crippen LogP contribution is -2.25. The number of ether oxygens (including phenoxy) is 1. The van der Waals surface area contributed by atoms with Crippen LogP contribution in [-0.4, -0.2) is 35.3 Å². The zero-order valence-electron chi connectivity index (χ0n) is 17.9. The van der Waals surface area contributed by atoms with E-state index in [1.54, 1.807) is 0 Å². The number of thioether (sulfide) groups is 1. The van der Waals surface area contributed by atoms with Gasteiger partial charge in [0.15, 0.2) is 0 Å². The number of hydrogen-bond donors (Lipinski definition) is 1. The monoisotopic (exact) mass is 398 g/mol. The van der Waals surface area contributed by atoms with Crippen LogP contribution in [0.1, 0.15) is 91.4 Å². The second kappa shape index (κ2) is 15.4. The maximum atomic E-state index is 11.9. The average Bonchev–Trinajstić information content (AvgIpc) is 2.63. The Labute approximate surface area is 171 Å². The van der Waals surface area contributed by atoms with Crippen LogP contribution in [0.15, 0.2) is 11.6 Å². The first-order valence-corrected chi connectivity index (χ1v) is 12.1. The van der Waals surface area contributed by atoms with E-state index < -0.39 is 0 Å². The molecule has 0 fully saturated rings. The van der Waals surface area contributed by atoms with Crippen molar-refractivity contribution in [2.24, 2.45) is 11.8 Å². The molecular weight excluding hydrogens is 356 g/mol. The molecule has 2 atom stereocenters. The molecule has 0 aromatic carbocycles. The van der Waals surface area contributed by atoms with Crippen LogP contribution < -0.4 is 0 Å². The molecule has 0 radical (unpaired) electrons. The van der Waals surface area contributed by atoms with E-state index in [0.29, 0.717) is 30.8 Å². The Morgan fingerprint density at radius 2 is 1.78 bits per heavy atom. The molecule has 158 valence electrons. The number of hydrogen-bond acceptors (Lipinski definition) is 4. The first kappa shape index (κ1) is 24.6. The number of carbonyl (C=O) groups excluding carboxylic acids is 1. The van der Waals surface area contributed by atoms with Crippen molar-refractivity contribution in [3.8, 4) is 0 Å². The van der Waals surface area contributed by atoms with Crippen molar-refractivity contribution in [2.75, 3.05) is 19.0 Å². The van der Waals surface area contributed by atoms with Gasteiger partial charge in [-0.25, -0.2) is 0 Å². The summed E-state index contributed by atoms with van der Waals surface area (Å²) in [7, 11) is 0. The van der Waals surface area contributed by atoms with E-state index >= 15 is 0 Å². The average molecular weight is 399 g/mol. The molecule has 1 aliphatic rings. The van der Waals surface area contributed by atoms with Crippen LogP contribution in [0.5, 0.6) is 0 Å². The zero-order chi connectivity index (χ0) is 19.9. The smallest absolute Gasteiger partial charge is 0.306 e. The van der Waals surface area contributed by atoms with Gasteiger partial charge in [-0.3, -0.25) is 4.79 Å². The molecule has 1 rings (SSSR count). The summed E-state index contributed by atoms with van der Waals surface area (Å²) in [5.41, 5.74) is 1.50. The van der Waals surface area contributed by atoms with Crippen molar-refractivity contribution in [1.29, 1.82) is 0 Å². The predicted octanol–water partition coefficient (Wildman–Crippen LogP) is 6.15. The standard InChI is InChI=1S/C23H42O3S/c1-19(2)21-13-12-20(3)18-22(21)27-17-14-23(25)26-16-11-9-7-5-4-6-8-10-15-24/h18-19,21-22,24H,4-17H2,1-3H3. The molecule has 3 nitrogen and oxygen atoms in total. The van der Waals surface area contributed by atoms with Crippen LogP contribution in [-0.2, 0) is 9.53 Å². The number of rotatable bonds is 15. The maximum absolute atomic E-state index is 11.9. The minimum Gasteiger partial charge on any atom is -0.466 e. The van der Waals surface area contributed by atoms with Crippen molar-refractivity contribution in [3.63, 3.8) is 0 Å². The van der Waals surface area contributed by atoms with E-state index in [1.807, 2.05) is 11.8 Å². The topological polar surface area (TPSA) is 46.5 Å². The van der Waals surface area contributed by atoms with Crippen molar-refractivity contribution in [2.45, 2.75) is 96.7 Å². The molecule has 0 aromatic heterocycles. The summed E-state index contributed by atoms with van der Waals surface area (Å²) < 4.78 is 5.39. The summed E-state index contributed by atoms with van der Waals surface area (Å²) in [6, 6.07) is 0. The molecule has 0 saturated heterocycles. The second-order valence-electron chi connectivity index (χ2n) is 8.32. The van der Waals surface area contributed by atoms with Crippen molar-refractivity contribution in [3.05, 3.63) is 11.6 Å². The first-order chi connectivity index (χ1) is 13.0. The number of carbonyl (C=O) groups is 1. The normalized spacial score (nSPS) is 20.0. The van der Waals surface area contributed by atoms with E-state index in [0.717, 1.165) is 37.4 Å². The molecule has 0 spiro atoms. The van der Waals surface area contributed by atoms with Gasteiger partial charge in [0.1, 0.15) is 0 Å². The Morgan fingerprint density at radius 3 is 2.41 bits per heavy atom. The van der Waals surface area contributed by atoms with Crippen LogP contribution in [0, 0.1) is 11.8 Å². The molecule has 1 N–H and O–H groups in total. The lowest BCUT2D eigenvalue weighted by atomic mass is 9.82. The first-order valence-electron chi connectivity index (χ1n) is 11.1. The van der Waals surface area contributed by atoms with E-state index in [4.69, 9.17) is 9.84 Å². The fourth-order valence-electron chi connectivity index (χ4n) is 3.74. The lowest BCUT2D eigenvalue weighted by Gasteiger charge is -2.32. The predicted molar refractivity (Wildman–Crippen MR) is 117 cm³/mol. The molecule has 0 aliphatic heterocycles. The van der Waals surface area contributed by atoms with Gasteiger partial charge in [-0.05, 0) is 44.4 Å². The Morgan fingerprint density at radius 1 is 1.15 bits per heavy atom. The number of unbranched alkanes of at least 4 members (excludes halogenated alkanes) is 7. The maximum Gasteiger partial charge on any atom is 0.306 e. The fraction of sp³-hybridized carbons (Fsp3) is 0.870. The minimum atomic E-state index is -0.0379. The van der Waals surface area contributed by atoms with Crippen LogP contribution in [0.2, 0.25) is 0 Å². The van der Waals surface area contributed by atoms with Gasteiger partial charge in [-0.15, -0.1) is 0 Å². The van der Waals surface area contributed by atoms with Crippen molar-refractivity contribution >= 4 is 17.7 Å². The molecule has 2 unspecified atom stereocenters. The highest BCUT2D eigenvalue weighted by atomic mass is 32.2. The quantitative estimate of drug-likeness (QED) is 0.204. The van der Waals surface area contributed by atoms with Gasteiger partial charge in [0, 0.05) is 17.6 Å². The summed E-state index contributed by atoms with van der Waals surface area (Å²) >= 11 is 1.93. The molecule has 4 heteroatoms. The third kappa shape index (κ3) is 11.8. The van der Waals surface area contributed by atoms with Gasteiger partial charge in [0.05, 0.1) is 13.0 Å². The molecule has 0 aromatic rings. The van der Waals surface area contributed by atoms with Gasteiger partial charge in [0.2, 0.25) is 0 Å². The van der Waals surface area contributed by atoms with Gasteiger partial charge in [0.25, 0.3) is 0 Å². The van der Waals surface area contributed by atoms with Crippen LogP contribution in [0.3, 0.4) is 0 Å². The second-order valence-corrected chi connectivity index (χ2v) is 9.60. The molecule has 0 amide bonds. The van der Waals surface area contributed by atoms with Gasteiger partial charge < -0.3 is 9.84 Å². The van der Waals surface area contributed by atoms with E-state index in [9.17, 15) is 4.79 Å². The number of aliphatic hydroxyl groups is 1. The highest BCUT2D eigenvalue weighted by molar-refractivity contribution is 8.00. The summed E-state index contributed by atoms with van der Waals surface area (Å²) in [4.78, 5) is 11.9. The number of esters is 1. The van der Waals surface area contributed by atoms with E-state index in [-0.39, 0.29) is 5.97 Å². The SMILES string of the molecule is CC1=CC(SCCC(=O)OCCCCCCCCCCO)C(C(C)C)CC1. The molecule has 27 heavy (non-hydrogen) atoms. The summed E-state index contributed by atoms with van der Waals surface area (Å²) in [6.45, 7) is 7.75. The Balaban J connectivity index is 2.01. The van der Waals surface area contributed by atoms with Crippen molar-refractivity contribution < 1.29 is 14.6 Å². The highest BCUT2D eigenvalue weighted by Crippen LogP contribution is 2.36. The molecule has 0 saturated carbocycles. The fourth-order valence-corrected chi connectivity index (χ4v) is 5.32. The summed E-state index contributed by atoms with van der Waals surface area (Å²) in [5.74, 6) is 2.26. The Kier molecular flexibility index (Phi) is 14.0. The van der Waals surface area contributed by atoms with E-state index in [2.05, 4.69) is 26.8 Å². The zero-order valence-corrected chi connectivity index (χ0v) is 18.7. The Hall–Kier alpha value is -0.480. The summed E-state index contributed by atoms with van der Waals surface area (Å²) in [6.07, 6.45) is 14.6. The molecule has 1 aliphatic carbocycles. The van der Waals surface area contributed by atoms with Gasteiger partial charge in [-0.2, -0.15) is 11.8 Å². The Bertz CT molecular complexity index is 420. The van der Waals surface area contributed by atoms with Crippen LogP contribution in [0.25, 0.3) is 0 Å². The number of aliphatic hydroxyl groups excluding tert-OH is 1. The highest BCUT2D eigenvalue weighted by Gasteiger charge is 2.26. The van der Waals surface area contributed by atoms with Crippen LogP contribution >= 0.6 is 11.8 Å². The largest absolute Gasteiger partial charge is 0.466 e. The van der Waals surface area contributed by atoms with Gasteiger partial charge >= 0.3 is 5.97 Å².